The van der Waals surface area contributed by atoms with E-state index >= 15 is 0 Å². The summed E-state index contributed by atoms with van der Waals surface area (Å²) in [5.74, 6) is 1.95. The van der Waals surface area contributed by atoms with Crippen LogP contribution in [0.2, 0.25) is 0 Å². The monoisotopic (exact) mass is 283 g/mol. The van der Waals surface area contributed by atoms with E-state index in [2.05, 4.69) is 25.7 Å². The molecule has 1 heterocycles. The van der Waals surface area contributed by atoms with Crippen LogP contribution in [0, 0.1) is 11.8 Å². The fourth-order valence-corrected chi connectivity index (χ4v) is 3.49. The zero-order valence-corrected chi connectivity index (χ0v) is 14.5. The Morgan fingerprint density at radius 1 is 0.950 bits per heavy atom. The molecule has 0 radical (unpaired) electrons. The standard InChI is InChI=1S/C16H31NO.C2H6/c1-13(2)18-16-8-10-17(11-9-16)12-15-6-4-14(3)5-7-15;1-2/h13-16H,4-12H2,1-3H3;1-2H3. The maximum Gasteiger partial charge on any atom is 0.0603 e. The van der Waals surface area contributed by atoms with E-state index in [1.807, 2.05) is 13.8 Å². The van der Waals surface area contributed by atoms with Crippen LogP contribution in [-0.2, 0) is 4.74 Å². The average Bonchev–Trinajstić information content (AvgIpc) is 2.45. The van der Waals surface area contributed by atoms with Crippen molar-refractivity contribution in [3.8, 4) is 0 Å². The zero-order chi connectivity index (χ0) is 15.0. The molecule has 0 aromatic rings. The number of rotatable bonds is 4. The molecule has 0 aromatic heterocycles. The van der Waals surface area contributed by atoms with Gasteiger partial charge in [-0.15, -0.1) is 0 Å². The number of piperidine rings is 1. The highest BCUT2D eigenvalue weighted by Crippen LogP contribution is 2.29. The predicted octanol–water partition coefficient (Wildman–Crippen LogP) is 4.73. The largest absolute Gasteiger partial charge is 0.375 e. The lowest BCUT2D eigenvalue weighted by molar-refractivity contribution is -0.0294. The highest BCUT2D eigenvalue weighted by molar-refractivity contribution is 4.78. The van der Waals surface area contributed by atoms with Crippen LogP contribution in [0.5, 0.6) is 0 Å². The molecule has 1 aliphatic carbocycles. The van der Waals surface area contributed by atoms with E-state index in [1.54, 1.807) is 0 Å². The lowest BCUT2D eigenvalue weighted by Gasteiger charge is -2.36. The summed E-state index contributed by atoms with van der Waals surface area (Å²) in [6, 6.07) is 0. The number of nitrogens with zero attached hydrogens (tertiary/aromatic N) is 1. The summed E-state index contributed by atoms with van der Waals surface area (Å²) in [5.41, 5.74) is 0. The Balaban J connectivity index is 0.000000956. The molecule has 2 fully saturated rings. The fourth-order valence-electron chi connectivity index (χ4n) is 3.49. The Kier molecular flexibility index (Phi) is 8.79. The lowest BCUT2D eigenvalue weighted by atomic mass is 9.82. The molecule has 0 bridgehead atoms. The van der Waals surface area contributed by atoms with Gasteiger partial charge in [0.05, 0.1) is 12.2 Å². The molecule has 0 aromatic carbocycles. The van der Waals surface area contributed by atoms with Gasteiger partial charge in [-0.1, -0.05) is 33.6 Å². The molecule has 2 nitrogen and oxygen atoms in total. The fraction of sp³-hybridized carbons (Fsp3) is 1.00. The van der Waals surface area contributed by atoms with Crippen LogP contribution in [0.25, 0.3) is 0 Å². The maximum atomic E-state index is 5.92. The van der Waals surface area contributed by atoms with Gasteiger partial charge in [-0.05, 0) is 51.4 Å². The smallest absolute Gasteiger partial charge is 0.0603 e. The van der Waals surface area contributed by atoms with Gasteiger partial charge in [0.15, 0.2) is 0 Å². The van der Waals surface area contributed by atoms with Crippen molar-refractivity contribution in [2.45, 2.75) is 85.4 Å². The Labute approximate surface area is 127 Å². The number of likely N-dealkylation sites (tertiary alicyclic amines) is 1. The van der Waals surface area contributed by atoms with Crippen molar-refractivity contribution in [1.29, 1.82) is 0 Å². The van der Waals surface area contributed by atoms with Crippen molar-refractivity contribution in [1.82, 2.24) is 4.90 Å². The highest BCUT2D eigenvalue weighted by Gasteiger charge is 2.24. The number of ether oxygens (including phenoxy) is 1. The summed E-state index contributed by atoms with van der Waals surface area (Å²) in [4.78, 5) is 2.68. The van der Waals surface area contributed by atoms with E-state index in [0.717, 1.165) is 11.8 Å². The Bertz CT molecular complexity index is 226. The molecule has 20 heavy (non-hydrogen) atoms. The second kappa shape index (κ2) is 9.78. The number of hydrogen-bond acceptors (Lipinski definition) is 2. The molecule has 0 amide bonds. The third-order valence-electron chi connectivity index (χ3n) is 4.65. The van der Waals surface area contributed by atoms with Gasteiger partial charge in [0.25, 0.3) is 0 Å². The maximum absolute atomic E-state index is 5.92. The molecule has 1 aliphatic heterocycles. The molecular weight excluding hydrogens is 246 g/mol. The SMILES string of the molecule is CC.CC1CCC(CN2CCC(OC(C)C)CC2)CC1. The van der Waals surface area contributed by atoms with Gasteiger partial charge in [-0.2, -0.15) is 0 Å². The van der Waals surface area contributed by atoms with Crippen LogP contribution < -0.4 is 0 Å². The first-order valence-electron chi connectivity index (χ1n) is 9.01. The molecular formula is C18H37NO. The minimum atomic E-state index is 0.390. The van der Waals surface area contributed by atoms with Crippen molar-refractivity contribution in [2.24, 2.45) is 11.8 Å². The van der Waals surface area contributed by atoms with Crippen molar-refractivity contribution in [2.75, 3.05) is 19.6 Å². The molecule has 1 saturated carbocycles. The summed E-state index contributed by atoms with van der Waals surface area (Å²) in [5, 5.41) is 0. The van der Waals surface area contributed by atoms with E-state index in [1.165, 1.54) is 58.2 Å². The van der Waals surface area contributed by atoms with Gasteiger partial charge >= 0.3 is 0 Å². The Morgan fingerprint density at radius 2 is 1.50 bits per heavy atom. The Morgan fingerprint density at radius 3 is 2.00 bits per heavy atom. The molecule has 0 unspecified atom stereocenters. The van der Waals surface area contributed by atoms with Gasteiger partial charge in [-0.3, -0.25) is 0 Å². The first-order valence-corrected chi connectivity index (χ1v) is 9.01. The molecule has 0 N–H and O–H groups in total. The summed E-state index contributed by atoms with van der Waals surface area (Å²) in [6.07, 6.45) is 9.22. The zero-order valence-electron chi connectivity index (χ0n) is 14.5. The van der Waals surface area contributed by atoms with Crippen LogP contribution in [0.4, 0.5) is 0 Å². The topological polar surface area (TPSA) is 12.5 Å². The van der Waals surface area contributed by atoms with Gasteiger partial charge in [0.2, 0.25) is 0 Å². The van der Waals surface area contributed by atoms with Crippen LogP contribution in [0.1, 0.15) is 73.1 Å². The summed E-state index contributed by atoms with van der Waals surface area (Å²) in [7, 11) is 0. The second-order valence-corrected chi connectivity index (χ2v) is 6.81. The minimum absolute atomic E-state index is 0.390. The predicted molar refractivity (Wildman–Crippen MR) is 88.2 cm³/mol. The molecule has 0 spiro atoms. The lowest BCUT2D eigenvalue weighted by Crippen LogP contribution is -2.40. The van der Waals surface area contributed by atoms with E-state index in [0.29, 0.717) is 12.2 Å². The van der Waals surface area contributed by atoms with E-state index in [4.69, 9.17) is 4.74 Å². The molecule has 1 saturated heterocycles. The van der Waals surface area contributed by atoms with Gasteiger partial charge in [0, 0.05) is 19.6 Å². The van der Waals surface area contributed by atoms with Gasteiger partial charge in [-0.25, -0.2) is 0 Å². The Hall–Kier alpha value is -0.0800. The van der Waals surface area contributed by atoms with Crippen molar-refractivity contribution < 1.29 is 4.74 Å². The van der Waals surface area contributed by atoms with Gasteiger partial charge < -0.3 is 9.64 Å². The van der Waals surface area contributed by atoms with Crippen LogP contribution in [0.15, 0.2) is 0 Å². The van der Waals surface area contributed by atoms with Crippen LogP contribution in [0.3, 0.4) is 0 Å². The summed E-state index contributed by atoms with van der Waals surface area (Å²) < 4.78 is 5.92. The van der Waals surface area contributed by atoms with Crippen molar-refractivity contribution in [3.63, 3.8) is 0 Å². The highest BCUT2D eigenvalue weighted by atomic mass is 16.5. The summed E-state index contributed by atoms with van der Waals surface area (Å²) >= 11 is 0. The molecule has 2 rings (SSSR count). The summed E-state index contributed by atoms with van der Waals surface area (Å²) in [6.45, 7) is 14.6. The molecule has 2 aliphatic rings. The third kappa shape index (κ3) is 6.58. The molecule has 0 atom stereocenters. The average molecular weight is 284 g/mol. The van der Waals surface area contributed by atoms with Crippen LogP contribution in [-0.4, -0.2) is 36.7 Å². The normalized spacial score (nSPS) is 29.1. The van der Waals surface area contributed by atoms with Crippen molar-refractivity contribution in [3.05, 3.63) is 0 Å². The second-order valence-electron chi connectivity index (χ2n) is 6.81. The minimum Gasteiger partial charge on any atom is -0.375 e. The molecule has 2 heteroatoms. The first-order chi connectivity index (χ1) is 9.63. The molecule has 120 valence electrons. The van der Waals surface area contributed by atoms with Gasteiger partial charge in [0.1, 0.15) is 0 Å². The van der Waals surface area contributed by atoms with Crippen molar-refractivity contribution >= 4 is 0 Å². The quantitative estimate of drug-likeness (QED) is 0.739. The number of hydrogen-bond donors (Lipinski definition) is 0. The van der Waals surface area contributed by atoms with Crippen LogP contribution >= 0.6 is 0 Å². The van der Waals surface area contributed by atoms with E-state index < -0.39 is 0 Å². The van der Waals surface area contributed by atoms with E-state index in [9.17, 15) is 0 Å². The third-order valence-corrected chi connectivity index (χ3v) is 4.65. The van der Waals surface area contributed by atoms with E-state index in [-0.39, 0.29) is 0 Å². The first kappa shape index (κ1) is 18.0.